The Morgan fingerprint density at radius 1 is 1.33 bits per heavy atom. The van der Waals surface area contributed by atoms with Crippen LogP contribution in [0.2, 0.25) is 0 Å². The molecule has 0 bridgehead atoms. The number of hydrogen-bond acceptors (Lipinski definition) is 3. The number of likely N-dealkylation sites (N-methyl/N-ethyl adjacent to an activating group) is 1. The summed E-state index contributed by atoms with van der Waals surface area (Å²) in [4.78, 5) is 2.14. The van der Waals surface area contributed by atoms with E-state index in [2.05, 4.69) is 38.2 Å². The maximum atomic E-state index is 13.6. The molecular formula is C17H27FN2O. The van der Waals surface area contributed by atoms with Gasteiger partial charge < -0.3 is 15.0 Å². The van der Waals surface area contributed by atoms with Gasteiger partial charge in [0.1, 0.15) is 17.2 Å². The van der Waals surface area contributed by atoms with Gasteiger partial charge in [-0.25, -0.2) is 4.39 Å². The number of hydrogen-bond donors (Lipinski definition) is 1. The van der Waals surface area contributed by atoms with Gasteiger partial charge in [-0.2, -0.15) is 0 Å². The summed E-state index contributed by atoms with van der Waals surface area (Å²) in [5, 5.41) is 3.57. The highest BCUT2D eigenvalue weighted by atomic mass is 19.1. The zero-order valence-corrected chi connectivity index (χ0v) is 13.6. The highest BCUT2D eigenvalue weighted by molar-refractivity contribution is 5.39. The minimum atomic E-state index is -0.197. The van der Waals surface area contributed by atoms with Gasteiger partial charge in [-0.3, -0.25) is 0 Å². The zero-order chi connectivity index (χ0) is 15.5. The molecule has 1 aromatic carbocycles. The Bertz CT molecular complexity index is 472. The third-order valence-electron chi connectivity index (χ3n) is 4.49. The summed E-state index contributed by atoms with van der Waals surface area (Å²) in [5.41, 5.74) is 0.812. The van der Waals surface area contributed by atoms with Crippen molar-refractivity contribution >= 4 is 0 Å². The normalized spacial score (nSPS) is 20.2. The van der Waals surface area contributed by atoms with Crippen molar-refractivity contribution in [2.45, 2.75) is 44.8 Å². The van der Waals surface area contributed by atoms with Crippen molar-refractivity contribution in [1.29, 1.82) is 0 Å². The summed E-state index contributed by atoms with van der Waals surface area (Å²) < 4.78 is 19.8. The van der Waals surface area contributed by atoms with E-state index in [9.17, 15) is 4.39 Å². The van der Waals surface area contributed by atoms with Gasteiger partial charge in [-0.15, -0.1) is 0 Å². The molecule has 0 amide bonds. The maximum absolute atomic E-state index is 13.6. The van der Waals surface area contributed by atoms with Gasteiger partial charge in [0.25, 0.3) is 0 Å². The van der Waals surface area contributed by atoms with Gasteiger partial charge in [0, 0.05) is 31.1 Å². The first-order valence-corrected chi connectivity index (χ1v) is 7.86. The van der Waals surface area contributed by atoms with Crippen molar-refractivity contribution in [3.63, 3.8) is 0 Å². The third kappa shape index (κ3) is 3.74. The molecule has 1 atom stereocenters. The standard InChI is InChI=1S/C17H27FN2O/c1-5-17(6-2)12-15(19-9-10-20(3)4)14-11-13(18)7-8-16(14)21-17/h7-8,11,15,19H,5-6,9-10,12H2,1-4H3. The molecule has 1 aromatic rings. The van der Waals surface area contributed by atoms with Crippen molar-refractivity contribution in [3.8, 4) is 5.75 Å². The van der Waals surface area contributed by atoms with Gasteiger partial charge in [-0.1, -0.05) is 13.8 Å². The second kappa shape index (κ2) is 6.75. The van der Waals surface area contributed by atoms with Crippen molar-refractivity contribution in [1.82, 2.24) is 10.2 Å². The van der Waals surface area contributed by atoms with Crippen LogP contribution >= 0.6 is 0 Å². The highest BCUT2D eigenvalue weighted by Gasteiger charge is 2.38. The molecule has 21 heavy (non-hydrogen) atoms. The molecule has 4 heteroatoms. The van der Waals surface area contributed by atoms with Crippen molar-refractivity contribution in [2.24, 2.45) is 0 Å². The lowest BCUT2D eigenvalue weighted by atomic mass is 9.83. The molecule has 3 nitrogen and oxygen atoms in total. The Balaban J connectivity index is 2.22. The fraction of sp³-hybridized carbons (Fsp3) is 0.647. The van der Waals surface area contributed by atoms with Crippen LogP contribution in [0.25, 0.3) is 0 Å². The lowest BCUT2D eigenvalue weighted by molar-refractivity contribution is 0.0224. The van der Waals surface area contributed by atoms with Crippen LogP contribution in [0.4, 0.5) is 4.39 Å². The van der Waals surface area contributed by atoms with Gasteiger partial charge in [-0.05, 0) is 45.1 Å². The lowest BCUT2D eigenvalue weighted by Crippen LogP contribution is -2.44. The smallest absolute Gasteiger partial charge is 0.125 e. The van der Waals surface area contributed by atoms with E-state index >= 15 is 0 Å². The number of rotatable bonds is 6. The lowest BCUT2D eigenvalue weighted by Gasteiger charge is -2.42. The monoisotopic (exact) mass is 294 g/mol. The van der Waals surface area contributed by atoms with Crippen molar-refractivity contribution in [3.05, 3.63) is 29.6 Å². The molecule has 2 rings (SSSR count). The van der Waals surface area contributed by atoms with E-state index in [0.717, 1.165) is 43.7 Å². The molecule has 0 saturated heterocycles. The Morgan fingerprint density at radius 2 is 2.05 bits per heavy atom. The molecule has 0 radical (unpaired) electrons. The largest absolute Gasteiger partial charge is 0.487 e. The van der Waals surface area contributed by atoms with Crippen molar-refractivity contribution < 1.29 is 9.13 Å². The zero-order valence-electron chi connectivity index (χ0n) is 13.6. The first-order chi connectivity index (χ1) is 9.99. The van der Waals surface area contributed by atoms with E-state index in [1.54, 1.807) is 12.1 Å². The summed E-state index contributed by atoms with van der Waals surface area (Å²) in [6.07, 6.45) is 2.82. The molecule has 0 spiro atoms. The van der Waals surface area contributed by atoms with E-state index in [0.29, 0.717) is 0 Å². The molecule has 0 aromatic heterocycles. The van der Waals surface area contributed by atoms with E-state index in [1.165, 1.54) is 6.07 Å². The Kier molecular flexibility index (Phi) is 5.22. The molecule has 0 saturated carbocycles. The molecule has 1 N–H and O–H groups in total. The first kappa shape index (κ1) is 16.2. The van der Waals surface area contributed by atoms with E-state index in [1.807, 2.05) is 0 Å². The third-order valence-corrected chi connectivity index (χ3v) is 4.49. The number of benzene rings is 1. The number of nitrogens with zero attached hydrogens (tertiary/aromatic N) is 1. The molecule has 1 unspecified atom stereocenters. The van der Waals surface area contributed by atoms with Gasteiger partial charge >= 0.3 is 0 Å². The van der Waals surface area contributed by atoms with Crippen LogP contribution in [0.5, 0.6) is 5.75 Å². The van der Waals surface area contributed by atoms with Crippen LogP contribution in [0, 0.1) is 5.82 Å². The number of fused-ring (bicyclic) bond motifs is 1. The van der Waals surface area contributed by atoms with Crippen LogP contribution in [-0.2, 0) is 0 Å². The average Bonchev–Trinajstić information content (AvgIpc) is 2.47. The summed E-state index contributed by atoms with van der Waals surface area (Å²) >= 11 is 0. The van der Waals surface area contributed by atoms with Crippen LogP contribution < -0.4 is 10.1 Å². The Labute approximate surface area is 127 Å². The number of ether oxygens (including phenoxy) is 1. The van der Waals surface area contributed by atoms with Crippen molar-refractivity contribution in [2.75, 3.05) is 27.2 Å². The minimum Gasteiger partial charge on any atom is -0.487 e. The second-order valence-electron chi connectivity index (χ2n) is 6.19. The van der Waals surface area contributed by atoms with E-state index < -0.39 is 0 Å². The molecule has 1 heterocycles. The average molecular weight is 294 g/mol. The Hall–Kier alpha value is -1.13. The number of nitrogens with one attached hydrogen (secondary N) is 1. The SMILES string of the molecule is CCC1(CC)CC(NCCN(C)C)c2cc(F)ccc2O1. The molecule has 0 fully saturated rings. The van der Waals surface area contributed by atoms with Crippen LogP contribution in [0.1, 0.15) is 44.7 Å². The fourth-order valence-electron chi connectivity index (χ4n) is 2.97. The van der Waals surface area contributed by atoms with Gasteiger partial charge in [0.15, 0.2) is 0 Å². The first-order valence-electron chi connectivity index (χ1n) is 7.86. The fourth-order valence-corrected chi connectivity index (χ4v) is 2.97. The quantitative estimate of drug-likeness (QED) is 0.870. The van der Waals surface area contributed by atoms with E-state index in [-0.39, 0.29) is 17.5 Å². The summed E-state index contributed by atoms with van der Waals surface area (Å²) in [6, 6.07) is 5.02. The molecule has 118 valence electrons. The molecule has 1 aliphatic rings. The second-order valence-corrected chi connectivity index (χ2v) is 6.19. The van der Waals surface area contributed by atoms with Crippen LogP contribution in [0.3, 0.4) is 0 Å². The predicted octanol–water partition coefficient (Wildman–Crippen LogP) is 3.36. The number of halogens is 1. The highest BCUT2D eigenvalue weighted by Crippen LogP contribution is 2.42. The summed E-state index contributed by atoms with van der Waals surface area (Å²) in [5.74, 6) is 0.631. The maximum Gasteiger partial charge on any atom is 0.125 e. The van der Waals surface area contributed by atoms with Gasteiger partial charge in [0.2, 0.25) is 0 Å². The molecular weight excluding hydrogens is 267 g/mol. The molecule has 1 aliphatic heterocycles. The topological polar surface area (TPSA) is 24.5 Å². The Morgan fingerprint density at radius 3 is 2.67 bits per heavy atom. The summed E-state index contributed by atoms with van der Waals surface area (Å²) in [7, 11) is 4.11. The molecule has 0 aliphatic carbocycles. The van der Waals surface area contributed by atoms with Gasteiger partial charge in [0.05, 0.1) is 0 Å². The predicted molar refractivity (Wildman–Crippen MR) is 84.3 cm³/mol. The summed E-state index contributed by atoms with van der Waals surface area (Å²) in [6.45, 7) is 6.17. The van der Waals surface area contributed by atoms with Crippen LogP contribution in [-0.4, -0.2) is 37.7 Å². The van der Waals surface area contributed by atoms with Crippen LogP contribution in [0.15, 0.2) is 18.2 Å². The minimum absolute atomic E-state index is 0.138. The van der Waals surface area contributed by atoms with E-state index in [4.69, 9.17) is 4.74 Å².